The number of hydrogen-bond donors (Lipinski definition) is 1. The Hall–Kier alpha value is -4.39. The smallest absolute Gasteiger partial charge is 0.266 e. The second-order valence-corrected chi connectivity index (χ2v) is 7.01. The molecule has 0 radical (unpaired) electrons. The van der Waals surface area contributed by atoms with Gasteiger partial charge in [0.05, 0.1) is 28.0 Å². The van der Waals surface area contributed by atoms with Crippen LogP contribution in [0.5, 0.6) is 0 Å². The molecule has 5 rings (SSSR count). The third kappa shape index (κ3) is 3.12. The highest BCUT2D eigenvalue weighted by Gasteiger charge is 2.36. The minimum absolute atomic E-state index is 0.321. The minimum atomic E-state index is -0.429. The number of nitrogens with zero attached hydrogens (tertiary/aromatic N) is 2. The van der Waals surface area contributed by atoms with Crippen LogP contribution >= 0.6 is 0 Å². The first-order chi connectivity index (χ1) is 15.0. The van der Waals surface area contributed by atoms with Crippen LogP contribution in [0.3, 0.4) is 0 Å². The van der Waals surface area contributed by atoms with Gasteiger partial charge >= 0.3 is 0 Å². The van der Waals surface area contributed by atoms with Crippen LogP contribution in [-0.2, 0) is 0 Å². The number of amides is 3. The number of fused-ring (bicyclic) bond motifs is 2. The van der Waals surface area contributed by atoms with Crippen LogP contribution in [0.4, 0.5) is 15.8 Å². The number of rotatable bonds is 3. The Bertz CT molecular complexity index is 1350. The van der Waals surface area contributed by atoms with Crippen LogP contribution in [0.15, 0.2) is 79.0 Å². The highest BCUT2D eigenvalue weighted by Crippen LogP contribution is 2.29. The normalized spacial score (nSPS) is 12.9. The number of hydrogen-bond acceptors (Lipinski definition) is 4. The van der Waals surface area contributed by atoms with E-state index >= 15 is 0 Å². The topological polar surface area (TPSA) is 79.4 Å². The summed E-state index contributed by atoms with van der Waals surface area (Å²) in [7, 11) is 0. The number of carbonyl (C=O) groups excluding carboxylic acids is 3. The predicted molar refractivity (Wildman–Crippen MR) is 114 cm³/mol. The zero-order valence-electron chi connectivity index (χ0n) is 16.0. The Balaban J connectivity index is 1.40. The lowest BCUT2D eigenvalue weighted by molar-refractivity contribution is 0.0925. The number of anilines is 2. The van der Waals surface area contributed by atoms with E-state index in [4.69, 9.17) is 0 Å². The molecule has 1 N–H and O–H groups in total. The van der Waals surface area contributed by atoms with Crippen molar-refractivity contribution < 1.29 is 18.8 Å². The first-order valence-electron chi connectivity index (χ1n) is 9.46. The highest BCUT2D eigenvalue weighted by atomic mass is 19.1. The van der Waals surface area contributed by atoms with Crippen molar-refractivity contribution in [1.29, 1.82) is 0 Å². The van der Waals surface area contributed by atoms with Gasteiger partial charge in [0.15, 0.2) is 0 Å². The van der Waals surface area contributed by atoms with Gasteiger partial charge in [-0.2, -0.15) is 0 Å². The molecule has 0 saturated heterocycles. The lowest BCUT2D eigenvalue weighted by Crippen LogP contribution is -2.29. The molecule has 1 aromatic heterocycles. The third-order valence-electron chi connectivity index (χ3n) is 5.13. The van der Waals surface area contributed by atoms with Crippen LogP contribution in [-0.4, -0.2) is 22.7 Å². The Morgan fingerprint density at radius 3 is 2.23 bits per heavy atom. The van der Waals surface area contributed by atoms with Crippen molar-refractivity contribution in [2.24, 2.45) is 0 Å². The average Bonchev–Trinajstić information content (AvgIpc) is 3.04. The second kappa shape index (κ2) is 7.14. The molecule has 1 aliphatic heterocycles. The lowest BCUT2D eigenvalue weighted by atomic mass is 10.1. The van der Waals surface area contributed by atoms with E-state index in [-0.39, 0.29) is 0 Å². The summed E-state index contributed by atoms with van der Waals surface area (Å²) in [5.74, 6) is -1.64. The van der Waals surface area contributed by atoms with Gasteiger partial charge in [-0.15, -0.1) is 0 Å². The summed E-state index contributed by atoms with van der Waals surface area (Å²) in [6, 6.07) is 18.5. The Morgan fingerprint density at radius 2 is 1.55 bits per heavy atom. The van der Waals surface area contributed by atoms with Gasteiger partial charge in [-0.05, 0) is 60.7 Å². The summed E-state index contributed by atoms with van der Waals surface area (Å²) in [5.41, 5.74) is 2.39. The van der Waals surface area contributed by atoms with Gasteiger partial charge in [-0.3, -0.25) is 19.4 Å². The van der Waals surface area contributed by atoms with Gasteiger partial charge in [-0.25, -0.2) is 9.29 Å². The maximum atomic E-state index is 13.6. The van der Waals surface area contributed by atoms with Crippen LogP contribution in [0.1, 0.15) is 31.1 Å². The maximum Gasteiger partial charge on any atom is 0.266 e. The Labute approximate surface area is 175 Å². The van der Waals surface area contributed by atoms with Gasteiger partial charge in [0.25, 0.3) is 17.7 Å². The van der Waals surface area contributed by atoms with E-state index in [1.54, 1.807) is 42.5 Å². The van der Waals surface area contributed by atoms with Crippen molar-refractivity contribution in [3.8, 4) is 0 Å². The summed E-state index contributed by atoms with van der Waals surface area (Å²) in [6.45, 7) is 0. The van der Waals surface area contributed by atoms with Gasteiger partial charge in [-0.1, -0.05) is 12.1 Å². The number of nitrogens with one attached hydrogen (secondary N) is 1. The van der Waals surface area contributed by atoms with Gasteiger partial charge in [0, 0.05) is 17.1 Å². The molecule has 0 fully saturated rings. The molecular formula is C24H14FN3O3. The SMILES string of the molecule is O=C(Nc1ccnc2ccc(F)cc12)c1ccc(N2C(=O)c3ccccc3C2=O)cc1. The molecule has 4 aromatic rings. The molecule has 6 nitrogen and oxygen atoms in total. The highest BCUT2D eigenvalue weighted by molar-refractivity contribution is 6.34. The van der Waals surface area contributed by atoms with Crippen molar-refractivity contribution in [3.63, 3.8) is 0 Å². The van der Waals surface area contributed by atoms with Gasteiger partial charge in [0.1, 0.15) is 5.82 Å². The molecule has 0 aliphatic carbocycles. The fourth-order valence-electron chi connectivity index (χ4n) is 3.61. The fourth-order valence-corrected chi connectivity index (χ4v) is 3.61. The average molecular weight is 411 g/mol. The quantitative estimate of drug-likeness (QED) is 0.506. The minimum Gasteiger partial charge on any atom is -0.321 e. The van der Waals surface area contributed by atoms with E-state index < -0.39 is 23.5 Å². The Kier molecular flexibility index (Phi) is 4.29. The zero-order valence-corrected chi connectivity index (χ0v) is 16.0. The van der Waals surface area contributed by atoms with E-state index in [1.165, 1.54) is 36.5 Å². The molecule has 0 bridgehead atoms. The van der Waals surface area contributed by atoms with Crippen molar-refractivity contribution in [1.82, 2.24) is 4.98 Å². The second-order valence-electron chi connectivity index (χ2n) is 7.01. The molecule has 150 valence electrons. The van der Waals surface area contributed by atoms with E-state index in [2.05, 4.69) is 10.3 Å². The standard InChI is InChI=1S/C24H14FN3O3/c25-15-7-10-20-19(13-15)21(11-12-26-20)27-22(29)14-5-8-16(9-6-14)28-23(30)17-3-1-2-4-18(17)24(28)31/h1-13H,(H,26,27,29). The van der Waals surface area contributed by atoms with E-state index in [0.717, 1.165) is 4.90 Å². The lowest BCUT2D eigenvalue weighted by Gasteiger charge is -2.14. The maximum absolute atomic E-state index is 13.6. The largest absolute Gasteiger partial charge is 0.321 e. The van der Waals surface area contributed by atoms with Crippen molar-refractivity contribution >= 4 is 40.0 Å². The van der Waals surface area contributed by atoms with Crippen molar-refractivity contribution in [2.45, 2.75) is 0 Å². The van der Waals surface area contributed by atoms with Gasteiger partial charge < -0.3 is 5.32 Å². The number of benzene rings is 3. The molecule has 3 aromatic carbocycles. The van der Waals surface area contributed by atoms with Crippen LogP contribution in [0, 0.1) is 5.82 Å². The molecule has 0 unspecified atom stereocenters. The summed E-state index contributed by atoms with van der Waals surface area (Å²) < 4.78 is 13.6. The fraction of sp³-hybridized carbons (Fsp3) is 0. The summed E-state index contributed by atoms with van der Waals surface area (Å²) in [6.07, 6.45) is 1.53. The molecule has 1 aliphatic rings. The monoisotopic (exact) mass is 411 g/mol. The van der Waals surface area contributed by atoms with Crippen LogP contribution in [0.25, 0.3) is 10.9 Å². The molecule has 2 heterocycles. The number of aromatic nitrogens is 1. The first kappa shape index (κ1) is 18.6. The van der Waals surface area contributed by atoms with E-state index in [0.29, 0.717) is 39.0 Å². The summed E-state index contributed by atoms with van der Waals surface area (Å²) in [5, 5.41) is 3.24. The van der Waals surface area contributed by atoms with E-state index in [1.807, 2.05) is 0 Å². The number of pyridine rings is 1. The molecule has 0 saturated carbocycles. The molecule has 0 spiro atoms. The van der Waals surface area contributed by atoms with E-state index in [9.17, 15) is 18.8 Å². The Morgan fingerprint density at radius 1 is 0.871 bits per heavy atom. The molecule has 3 amide bonds. The molecule has 31 heavy (non-hydrogen) atoms. The van der Waals surface area contributed by atoms with Crippen LogP contribution < -0.4 is 10.2 Å². The summed E-state index contributed by atoms with van der Waals surface area (Å²) >= 11 is 0. The summed E-state index contributed by atoms with van der Waals surface area (Å²) in [4.78, 5) is 43.2. The first-order valence-corrected chi connectivity index (χ1v) is 9.46. The van der Waals surface area contributed by atoms with Crippen molar-refractivity contribution in [2.75, 3.05) is 10.2 Å². The predicted octanol–water partition coefficient (Wildman–Crippen LogP) is 4.43. The number of halogens is 1. The number of imide groups is 1. The van der Waals surface area contributed by atoms with Crippen molar-refractivity contribution in [3.05, 3.63) is 102 Å². The van der Waals surface area contributed by atoms with Gasteiger partial charge in [0.2, 0.25) is 0 Å². The number of carbonyl (C=O) groups is 3. The zero-order chi connectivity index (χ0) is 21.5. The molecule has 0 atom stereocenters. The van der Waals surface area contributed by atoms with Crippen LogP contribution in [0.2, 0.25) is 0 Å². The third-order valence-corrected chi connectivity index (χ3v) is 5.13. The molecule has 7 heteroatoms. The molecular weight excluding hydrogens is 397 g/mol.